The summed E-state index contributed by atoms with van der Waals surface area (Å²) in [6.45, 7) is 2.52. The quantitative estimate of drug-likeness (QED) is 0.607. The first-order chi connectivity index (χ1) is 13.6. The number of methoxy groups -OCH3 is 1. The second-order valence-electron chi connectivity index (χ2n) is 5.90. The van der Waals surface area contributed by atoms with Crippen LogP contribution < -0.4 is 15.6 Å². The molecule has 0 fully saturated rings. The second kappa shape index (κ2) is 8.81. The van der Waals surface area contributed by atoms with Crippen LogP contribution in [0.1, 0.15) is 28.5 Å². The molecule has 1 aromatic heterocycles. The number of carbonyl (C=O) groups is 1. The van der Waals surface area contributed by atoms with Crippen LogP contribution in [0.25, 0.3) is 0 Å². The largest absolute Gasteiger partial charge is 0.494 e. The van der Waals surface area contributed by atoms with E-state index in [2.05, 4.69) is 25.2 Å². The Kier molecular flexibility index (Phi) is 6.01. The Morgan fingerprint density at radius 3 is 2.39 bits per heavy atom. The van der Waals surface area contributed by atoms with Gasteiger partial charge in [0.25, 0.3) is 5.56 Å². The summed E-state index contributed by atoms with van der Waals surface area (Å²) in [6.07, 6.45) is 0.364. The predicted octanol–water partition coefficient (Wildman–Crippen LogP) is 2.68. The maximum Gasteiger partial charge on any atom is 0.337 e. The minimum atomic E-state index is -0.418. The third-order valence-corrected chi connectivity index (χ3v) is 3.94. The Labute approximate surface area is 161 Å². The molecule has 3 aromatic rings. The van der Waals surface area contributed by atoms with Crippen LogP contribution in [-0.2, 0) is 11.2 Å². The molecule has 0 aliphatic rings. The first-order valence-electron chi connectivity index (χ1n) is 8.72. The molecule has 2 aromatic carbocycles. The average Bonchev–Trinajstić information content (AvgIpc) is 2.71. The zero-order chi connectivity index (χ0) is 19.9. The smallest absolute Gasteiger partial charge is 0.337 e. The van der Waals surface area contributed by atoms with Crippen LogP contribution in [0.5, 0.6) is 5.75 Å². The van der Waals surface area contributed by atoms with Crippen molar-refractivity contribution in [3.05, 3.63) is 75.7 Å². The van der Waals surface area contributed by atoms with E-state index in [1.165, 1.54) is 7.11 Å². The SMILES string of the molecule is CCOc1ccc(Cc2nnc(Nc3ccc(C(=O)OC)cc3)[nH]c2=O)cc1. The number of nitrogens with one attached hydrogen (secondary N) is 2. The second-order valence-corrected chi connectivity index (χ2v) is 5.90. The Bertz CT molecular complexity index is 998. The van der Waals surface area contributed by atoms with Crippen molar-refractivity contribution in [1.82, 2.24) is 15.2 Å². The summed E-state index contributed by atoms with van der Waals surface area (Å²) in [7, 11) is 1.32. The molecule has 0 radical (unpaired) electrons. The van der Waals surface area contributed by atoms with Crippen LogP contribution >= 0.6 is 0 Å². The molecule has 0 atom stereocenters. The van der Waals surface area contributed by atoms with Gasteiger partial charge >= 0.3 is 5.97 Å². The Balaban J connectivity index is 1.68. The van der Waals surface area contributed by atoms with Gasteiger partial charge in [-0.2, -0.15) is 0 Å². The average molecular weight is 380 g/mol. The predicted molar refractivity (Wildman–Crippen MR) is 104 cm³/mol. The third kappa shape index (κ3) is 4.73. The molecule has 0 bridgehead atoms. The lowest BCUT2D eigenvalue weighted by Crippen LogP contribution is -2.18. The molecule has 0 saturated carbocycles. The minimum Gasteiger partial charge on any atom is -0.494 e. The zero-order valence-electron chi connectivity index (χ0n) is 15.6. The topological polar surface area (TPSA) is 106 Å². The van der Waals surface area contributed by atoms with Crippen LogP contribution in [-0.4, -0.2) is 34.9 Å². The minimum absolute atomic E-state index is 0.214. The fourth-order valence-electron chi connectivity index (χ4n) is 2.54. The molecular weight excluding hydrogens is 360 g/mol. The fraction of sp³-hybridized carbons (Fsp3) is 0.200. The lowest BCUT2D eigenvalue weighted by atomic mass is 10.1. The molecule has 28 heavy (non-hydrogen) atoms. The van der Waals surface area contributed by atoms with Gasteiger partial charge in [0, 0.05) is 12.1 Å². The lowest BCUT2D eigenvalue weighted by molar-refractivity contribution is 0.0601. The summed E-state index contributed by atoms with van der Waals surface area (Å²) in [5.74, 6) is 0.577. The van der Waals surface area contributed by atoms with Gasteiger partial charge in [-0.05, 0) is 48.9 Å². The number of H-pyrrole nitrogens is 1. The first-order valence-corrected chi connectivity index (χ1v) is 8.72. The van der Waals surface area contributed by atoms with E-state index in [9.17, 15) is 9.59 Å². The van der Waals surface area contributed by atoms with Crippen molar-refractivity contribution in [2.75, 3.05) is 19.0 Å². The van der Waals surface area contributed by atoms with Crippen LogP contribution in [0.15, 0.2) is 53.3 Å². The third-order valence-electron chi connectivity index (χ3n) is 3.94. The lowest BCUT2D eigenvalue weighted by Gasteiger charge is -2.07. The van der Waals surface area contributed by atoms with Crippen molar-refractivity contribution in [2.24, 2.45) is 0 Å². The van der Waals surface area contributed by atoms with Crippen LogP contribution in [0.4, 0.5) is 11.6 Å². The van der Waals surface area contributed by atoms with E-state index in [4.69, 9.17) is 4.74 Å². The summed E-state index contributed by atoms with van der Waals surface area (Å²) >= 11 is 0. The number of benzene rings is 2. The van der Waals surface area contributed by atoms with Gasteiger partial charge in [0.05, 0.1) is 19.3 Å². The number of esters is 1. The summed E-state index contributed by atoms with van der Waals surface area (Å²) in [6, 6.07) is 14.1. The monoisotopic (exact) mass is 380 g/mol. The molecule has 3 rings (SSSR count). The molecule has 2 N–H and O–H groups in total. The molecule has 8 heteroatoms. The highest BCUT2D eigenvalue weighted by molar-refractivity contribution is 5.89. The Hall–Kier alpha value is -3.68. The van der Waals surface area contributed by atoms with Crippen molar-refractivity contribution >= 4 is 17.6 Å². The van der Waals surface area contributed by atoms with E-state index in [1.807, 2.05) is 31.2 Å². The number of ether oxygens (including phenoxy) is 2. The van der Waals surface area contributed by atoms with Crippen molar-refractivity contribution < 1.29 is 14.3 Å². The van der Waals surface area contributed by atoms with Gasteiger partial charge in [0.1, 0.15) is 11.4 Å². The van der Waals surface area contributed by atoms with Gasteiger partial charge in [0.15, 0.2) is 0 Å². The van der Waals surface area contributed by atoms with Crippen LogP contribution in [0, 0.1) is 0 Å². The van der Waals surface area contributed by atoms with Crippen molar-refractivity contribution in [1.29, 1.82) is 0 Å². The van der Waals surface area contributed by atoms with Crippen molar-refractivity contribution in [3.63, 3.8) is 0 Å². The molecular formula is C20H20N4O4. The van der Waals surface area contributed by atoms with E-state index in [-0.39, 0.29) is 11.5 Å². The van der Waals surface area contributed by atoms with E-state index < -0.39 is 5.97 Å². The van der Waals surface area contributed by atoms with Gasteiger partial charge in [-0.1, -0.05) is 12.1 Å². The zero-order valence-corrected chi connectivity index (χ0v) is 15.6. The van der Waals surface area contributed by atoms with Gasteiger partial charge in [0.2, 0.25) is 5.95 Å². The maximum atomic E-state index is 12.3. The molecule has 144 valence electrons. The highest BCUT2D eigenvalue weighted by Crippen LogP contribution is 2.15. The van der Waals surface area contributed by atoms with Gasteiger partial charge < -0.3 is 14.8 Å². The number of aromatic amines is 1. The summed E-state index contributed by atoms with van der Waals surface area (Å²) < 4.78 is 10.1. The number of rotatable bonds is 7. The Morgan fingerprint density at radius 2 is 1.79 bits per heavy atom. The number of hydrogen-bond donors (Lipinski definition) is 2. The Morgan fingerprint density at radius 1 is 1.07 bits per heavy atom. The molecule has 0 spiro atoms. The molecule has 0 amide bonds. The van der Waals surface area contributed by atoms with Crippen LogP contribution in [0.2, 0.25) is 0 Å². The molecule has 0 aliphatic carbocycles. The molecule has 0 unspecified atom stereocenters. The van der Waals surface area contributed by atoms with E-state index in [1.54, 1.807) is 24.3 Å². The maximum absolute atomic E-state index is 12.3. The fourth-order valence-corrected chi connectivity index (χ4v) is 2.54. The highest BCUT2D eigenvalue weighted by atomic mass is 16.5. The molecule has 0 aliphatic heterocycles. The van der Waals surface area contributed by atoms with Crippen LogP contribution in [0.3, 0.4) is 0 Å². The normalized spacial score (nSPS) is 10.4. The van der Waals surface area contributed by atoms with Gasteiger partial charge in [-0.3, -0.25) is 9.78 Å². The van der Waals surface area contributed by atoms with E-state index in [0.717, 1.165) is 11.3 Å². The number of aromatic nitrogens is 3. The van der Waals surface area contributed by atoms with Crippen molar-refractivity contribution in [3.8, 4) is 5.75 Å². The standard InChI is InChI=1S/C20H20N4O4/c1-3-28-16-10-4-13(5-11-16)12-17-18(25)22-20(24-23-17)21-15-8-6-14(7-9-15)19(26)27-2/h4-11H,3,12H2,1-2H3,(H2,21,22,24,25). The van der Waals surface area contributed by atoms with E-state index >= 15 is 0 Å². The summed E-state index contributed by atoms with van der Waals surface area (Å²) in [4.78, 5) is 26.4. The summed E-state index contributed by atoms with van der Waals surface area (Å²) in [5.41, 5.74) is 2.01. The van der Waals surface area contributed by atoms with Crippen molar-refractivity contribution in [2.45, 2.75) is 13.3 Å². The number of carbonyl (C=O) groups excluding carboxylic acids is 1. The van der Waals surface area contributed by atoms with E-state index in [0.29, 0.717) is 30.0 Å². The highest BCUT2D eigenvalue weighted by Gasteiger charge is 2.08. The number of anilines is 2. The number of nitrogens with zero attached hydrogens (tertiary/aromatic N) is 2. The van der Waals surface area contributed by atoms with Gasteiger partial charge in [-0.25, -0.2) is 4.79 Å². The number of hydrogen-bond acceptors (Lipinski definition) is 7. The molecule has 8 nitrogen and oxygen atoms in total. The molecule has 1 heterocycles. The molecule has 0 saturated heterocycles. The van der Waals surface area contributed by atoms with Gasteiger partial charge in [-0.15, -0.1) is 10.2 Å². The first kappa shape index (κ1) is 19.1. The summed E-state index contributed by atoms with van der Waals surface area (Å²) in [5, 5.41) is 11.0.